The zero-order valence-corrected chi connectivity index (χ0v) is 12.8. The van der Waals surface area contributed by atoms with E-state index < -0.39 is 0 Å². The average Bonchev–Trinajstić information content (AvgIpc) is 2.61. The van der Waals surface area contributed by atoms with Gasteiger partial charge in [-0.15, -0.1) is 0 Å². The van der Waals surface area contributed by atoms with Gasteiger partial charge in [-0.25, -0.2) is 4.98 Å². The Kier molecular flexibility index (Phi) is 4.30. The van der Waals surface area contributed by atoms with Crippen LogP contribution in [0.4, 0.5) is 5.82 Å². The van der Waals surface area contributed by atoms with Crippen molar-refractivity contribution >= 4 is 5.82 Å². The van der Waals surface area contributed by atoms with Crippen LogP contribution in [-0.4, -0.2) is 9.97 Å². The first kappa shape index (κ1) is 14.7. The normalized spacial score (nSPS) is 11.5. The van der Waals surface area contributed by atoms with E-state index in [1.165, 1.54) is 5.56 Å². The van der Waals surface area contributed by atoms with Crippen LogP contribution in [0, 0.1) is 18.3 Å². The SMILES string of the molecule is Cc1cccc(C(Nc2ccc(C#N)cn2)c2ccccn2)c1. The van der Waals surface area contributed by atoms with Crippen molar-refractivity contribution in [1.82, 2.24) is 9.97 Å². The van der Waals surface area contributed by atoms with Gasteiger partial charge in [0.15, 0.2) is 0 Å². The maximum atomic E-state index is 8.88. The second-order valence-electron chi connectivity index (χ2n) is 5.29. The molecule has 1 unspecified atom stereocenters. The van der Waals surface area contributed by atoms with Gasteiger partial charge in [0.2, 0.25) is 0 Å². The molecule has 0 saturated carbocycles. The Balaban J connectivity index is 1.96. The van der Waals surface area contributed by atoms with E-state index >= 15 is 0 Å². The Hall–Kier alpha value is -3.19. The van der Waals surface area contributed by atoms with Crippen LogP contribution < -0.4 is 5.32 Å². The highest BCUT2D eigenvalue weighted by Gasteiger charge is 2.15. The molecule has 0 saturated heterocycles. The van der Waals surface area contributed by atoms with Crippen molar-refractivity contribution < 1.29 is 0 Å². The summed E-state index contributed by atoms with van der Waals surface area (Å²) in [6.45, 7) is 2.07. The average molecular weight is 300 g/mol. The molecule has 3 rings (SSSR count). The number of anilines is 1. The number of hydrogen-bond acceptors (Lipinski definition) is 4. The maximum Gasteiger partial charge on any atom is 0.126 e. The maximum absolute atomic E-state index is 8.88. The predicted molar refractivity (Wildman–Crippen MR) is 89.8 cm³/mol. The predicted octanol–water partition coefficient (Wildman–Crippen LogP) is 3.86. The number of aromatic nitrogens is 2. The second kappa shape index (κ2) is 6.71. The molecule has 23 heavy (non-hydrogen) atoms. The van der Waals surface area contributed by atoms with Crippen molar-refractivity contribution in [3.63, 3.8) is 0 Å². The van der Waals surface area contributed by atoms with Gasteiger partial charge in [-0.2, -0.15) is 5.26 Å². The molecule has 1 aromatic carbocycles. The van der Waals surface area contributed by atoms with E-state index in [1.54, 1.807) is 18.5 Å². The summed E-state index contributed by atoms with van der Waals surface area (Å²) in [4.78, 5) is 8.77. The van der Waals surface area contributed by atoms with Gasteiger partial charge in [0.25, 0.3) is 0 Å². The van der Waals surface area contributed by atoms with Crippen molar-refractivity contribution in [1.29, 1.82) is 5.26 Å². The molecule has 0 aliphatic rings. The van der Waals surface area contributed by atoms with E-state index in [0.717, 1.165) is 11.3 Å². The quantitative estimate of drug-likeness (QED) is 0.794. The van der Waals surface area contributed by atoms with E-state index in [-0.39, 0.29) is 6.04 Å². The van der Waals surface area contributed by atoms with E-state index in [2.05, 4.69) is 46.5 Å². The fourth-order valence-corrected chi connectivity index (χ4v) is 2.42. The fourth-order valence-electron chi connectivity index (χ4n) is 2.42. The van der Waals surface area contributed by atoms with Crippen LogP contribution in [0.5, 0.6) is 0 Å². The largest absolute Gasteiger partial charge is 0.358 e. The van der Waals surface area contributed by atoms with Gasteiger partial charge in [-0.1, -0.05) is 35.9 Å². The molecule has 112 valence electrons. The Bertz CT molecular complexity index is 820. The topological polar surface area (TPSA) is 61.6 Å². The zero-order chi connectivity index (χ0) is 16.1. The van der Waals surface area contributed by atoms with Crippen LogP contribution in [0.1, 0.15) is 28.4 Å². The van der Waals surface area contributed by atoms with E-state index in [1.807, 2.05) is 30.3 Å². The first-order chi connectivity index (χ1) is 11.3. The van der Waals surface area contributed by atoms with Gasteiger partial charge >= 0.3 is 0 Å². The van der Waals surface area contributed by atoms with E-state index in [9.17, 15) is 0 Å². The first-order valence-corrected chi connectivity index (χ1v) is 7.36. The summed E-state index contributed by atoms with van der Waals surface area (Å²) in [5.41, 5.74) is 3.78. The van der Waals surface area contributed by atoms with Crippen LogP contribution in [0.2, 0.25) is 0 Å². The summed E-state index contributed by atoms with van der Waals surface area (Å²) in [6, 6.07) is 19.7. The molecule has 0 amide bonds. The minimum atomic E-state index is -0.100. The molecule has 2 aromatic heterocycles. The Morgan fingerprint density at radius 3 is 2.61 bits per heavy atom. The summed E-state index contributed by atoms with van der Waals surface area (Å²) in [5, 5.41) is 12.3. The van der Waals surface area contributed by atoms with Crippen molar-refractivity contribution in [3.05, 3.63) is 89.4 Å². The lowest BCUT2D eigenvalue weighted by Gasteiger charge is -2.20. The summed E-state index contributed by atoms with van der Waals surface area (Å²) in [7, 11) is 0. The molecule has 4 nitrogen and oxygen atoms in total. The number of rotatable bonds is 4. The van der Waals surface area contributed by atoms with Crippen LogP contribution >= 0.6 is 0 Å². The third-order valence-corrected chi connectivity index (χ3v) is 3.54. The molecule has 0 aliphatic carbocycles. The van der Waals surface area contributed by atoms with Crippen molar-refractivity contribution in [3.8, 4) is 6.07 Å². The number of hydrogen-bond donors (Lipinski definition) is 1. The zero-order valence-electron chi connectivity index (χ0n) is 12.8. The summed E-state index contributed by atoms with van der Waals surface area (Å²) >= 11 is 0. The minimum Gasteiger partial charge on any atom is -0.358 e. The van der Waals surface area contributed by atoms with Gasteiger partial charge in [0.05, 0.1) is 17.3 Å². The number of pyridine rings is 2. The monoisotopic (exact) mass is 300 g/mol. The summed E-state index contributed by atoms with van der Waals surface area (Å²) < 4.78 is 0. The number of nitrogens with one attached hydrogen (secondary N) is 1. The fraction of sp³-hybridized carbons (Fsp3) is 0.105. The van der Waals surface area contributed by atoms with Gasteiger partial charge in [0.1, 0.15) is 11.9 Å². The van der Waals surface area contributed by atoms with E-state index in [0.29, 0.717) is 11.4 Å². The Morgan fingerprint density at radius 2 is 1.96 bits per heavy atom. The lowest BCUT2D eigenvalue weighted by atomic mass is 10.0. The lowest BCUT2D eigenvalue weighted by Crippen LogP contribution is -2.14. The van der Waals surface area contributed by atoms with Crippen LogP contribution in [0.3, 0.4) is 0 Å². The number of benzene rings is 1. The van der Waals surface area contributed by atoms with Gasteiger partial charge < -0.3 is 5.32 Å². The van der Waals surface area contributed by atoms with Crippen LogP contribution in [-0.2, 0) is 0 Å². The number of nitriles is 1. The molecular weight excluding hydrogens is 284 g/mol. The molecule has 0 radical (unpaired) electrons. The molecule has 4 heteroatoms. The molecule has 1 N–H and O–H groups in total. The third-order valence-electron chi connectivity index (χ3n) is 3.54. The second-order valence-corrected chi connectivity index (χ2v) is 5.29. The molecule has 0 aliphatic heterocycles. The smallest absolute Gasteiger partial charge is 0.126 e. The molecular formula is C19H16N4. The van der Waals surface area contributed by atoms with Crippen LogP contribution in [0.25, 0.3) is 0 Å². The van der Waals surface area contributed by atoms with Crippen LogP contribution in [0.15, 0.2) is 67.0 Å². The molecule has 0 fully saturated rings. The number of aryl methyl sites for hydroxylation is 1. The summed E-state index contributed by atoms with van der Waals surface area (Å²) in [6.07, 6.45) is 3.35. The minimum absolute atomic E-state index is 0.100. The van der Waals surface area contributed by atoms with Gasteiger partial charge in [0, 0.05) is 12.4 Å². The molecule has 3 aromatic rings. The highest BCUT2D eigenvalue weighted by Crippen LogP contribution is 2.25. The highest BCUT2D eigenvalue weighted by atomic mass is 15.0. The standard InChI is InChI=1S/C19H16N4/c1-14-5-4-6-16(11-14)19(17-7-2-3-10-21-17)23-18-9-8-15(12-20)13-22-18/h2-11,13,19H,1H3,(H,22,23). The Morgan fingerprint density at radius 1 is 1.04 bits per heavy atom. The van der Waals surface area contributed by atoms with Gasteiger partial charge in [-0.3, -0.25) is 4.98 Å². The third kappa shape index (κ3) is 3.53. The van der Waals surface area contributed by atoms with Crippen molar-refractivity contribution in [2.75, 3.05) is 5.32 Å². The van der Waals surface area contributed by atoms with Gasteiger partial charge in [-0.05, 0) is 36.8 Å². The molecule has 0 bridgehead atoms. The highest BCUT2D eigenvalue weighted by molar-refractivity contribution is 5.45. The summed E-state index contributed by atoms with van der Waals surface area (Å²) in [5.74, 6) is 0.709. The Labute approximate surface area is 135 Å². The molecule has 2 heterocycles. The van der Waals surface area contributed by atoms with Crippen molar-refractivity contribution in [2.45, 2.75) is 13.0 Å². The number of nitrogens with zero attached hydrogens (tertiary/aromatic N) is 3. The van der Waals surface area contributed by atoms with E-state index in [4.69, 9.17) is 5.26 Å². The van der Waals surface area contributed by atoms with Crippen molar-refractivity contribution in [2.24, 2.45) is 0 Å². The molecule has 0 spiro atoms. The first-order valence-electron chi connectivity index (χ1n) is 7.36. The lowest BCUT2D eigenvalue weighted by molar-refractivity contribution is 0.876. The molecule has 1 atom stereocenters.